The number of hydrogen-bond acceptors (Lipinski definition) is 3. The number of nitrogens with one attached hydrogen (secondary N) is 2. The molecule has 0 spiro atoms. The van der Waals surface area contributed by atoms with Crippen LogP contribution in [-0.4, -0.2) is 60.0 Å². The largest absolute Gasteiger partial charge is 0.480 e. The lowest BCUT2D eigenvalue weighted by molar-refractivity contribution is -0.143. The van der Waals surface area contributed by atoms with E-state index in [1.165, 1.54) is 0 Å². The van der Waals surface area contributed by atoms with E-state index in [-0.39, 0.29) is 18.4 Å². The fourth-order valence-electron chi connectivity index (χ4n) is 2.73. The summed E-state index contributed by atoms with van der Waals surface area (Å²) >= 11 is 0. The van der Waals surface area contributed by atoms with Crippen molar-refractivity contribution in [1.29, 1.82) is 0 Å². The van der Waals surface area contributed by atoms with Gasteiger partial charge in [-0.3, -0.25) is 4.79 Å². The normalized spacial score (nSPS) is 19.0. The molecular formula is C16H27F2N3O4. The van der Waals surface area contributed by atoms with Crippen molar-refractivity contribution in [2.45, 2.75) is 52.0 Å². The fourth-order valence-corrected chi connectivity index (χ4v) is 2.73. The highest BCUT2D eigenvalue weighted by molar-refractivity contribution is 5.83. The number of likely N-dealkylation sites (tertiary alicyclic amines) is 1. The van der Waals surface area contributed by atoms with E-state index in [1.54, 1.807) is 4.90 Å². The highest BCUT2D eigenvalue weighted by Crippen LogP contribution is 2.20. The first-order chi connectivity index (χ1) is 11.7. The van der Waals surface area contributed by atoms with E-state index in [9.17, 15) is 23.2 Å². The van der Waals surface area contributed by atoms with Crippen LogP contribution in [0, 0.1) is 11.8 Å². The van der Waals surface area contributed by atoms with Crippen LogP contribution in [0.15, 0.2) is 0 Å². The van der Waals surface area contributed by atoms with E-state index in [2.05, 4.69) is 10.6 Å². The number of alkyl halides is 2. The minimum atomic E-state index is -2.81. The highest BCUT2D eigenvalue weighted by Gasteiger charge is 2.28. The zero-order valence-electron chi connectivity index (χ0n) is 14.6. The molecule has 3 N–H and O–H groups in total. The maximum atomic E-state index is 12.4. The zero-order valence-corrected chi connectivity index (χ0v) is 14.6. The average Bonchev–Trinajstić information content (AvgIpc) is 2.51. The van der Waals surface area contributed by atoms with Gasteiger partial charge in [-0.15, -0.1) is 0 Å². The summed E-state index contributed by atoms with van der Waals surface area (Å²) in [5.74, 6) is -1.84. The van der Waals surface area contributed by atoms with Crippen molar-refractivity contribution in [2.75, 3.05) is 19.6 Å². The van der Waals surface area contributed by atoms with Crippen LogP contribution in [0.4, 0.5) is 13.6 Å². The second-order valence-electron chi connectivity index (χ2n) is 6.82. The lowest BCUT2D eigenvalue weighted by atomic mass is 9.94. The van der Waals surface area contributed by atoms with Gasteiger partial charge < -0.3 is 20.6 Å². The first-order valence-electron chi connectivity index (χ1n) is 8.52. The summed E-state index contributed by atoms with van der Waals surface area (Å²) in [5.41, 5.74) is 0. The molecule has 9 heteroatoms. The molecule has 0 saturated carbocycles. The van der Waals surface area contributed by atoms with Gasteiger partial charge in [0.05, 0.1) is 0 Å². The number of carboxylic acids is 1. The summed E-state index contributed by atoms with van der Waals surface area (Å²) in [5, 5.41) is 13.8. The molecule has 25 heavy (non-hydrogen) atoms. The van der Waals surface area contributed by atoms with Crippen molar-refractivity contribution < 1.29 is 28.3 Å². The number of amides is 3. The summed E-state index contributed by atoms with van der Waals surface area (Å²) in [4.78, 5) is 36.6. The van der Waals surface area contributed by atoms with E-state index >= 15 is 0 Å². The van der Waals surface area contributed by atoms with Gasteiger partial charge in [0.1, 0.15) is 6.04 Å². The molecule has 1 aliphatic heterocycles. The van der Waals surface area contributed by atoms with E-state index in [4.69, 9.17) is 5.11 Å². The topological polar surface area (TPSA) is 98.7 Å². The molecule has 1 saturated heterocycles. The Balaban J connectivity index is 2.48. The predicted octanol–water partition coefficient (Wildman–Crippen LogP) is 1.68. The first-order valence-corrected chi connectivity index (χ1v) is 8.52. The number of hydrogen-bond donors (Lipinski definition) is 3. The van der Waals surface area contributed by atoms with Crippen molar-refractivity contribution >= 4 is 17.9 Å². The SMILES string of the molecule is CC(C)CNC(=O)N1CCCC(CC(=O)NC(CC(F)F)C(=O)O)C1. The van der Waals surface area contributed by atoms with E-state index in [0.717, 1.165) is 12.8 Å². The molecule has 7 nitrogen and oxygen atoms in total. The molecule has 1 heterocycles. The molecule has 1 aliphatic rings. The molecule has 144 valence electrons. The summed E-state index contributed by atoms with van der Waals surface area (Å²) in [6, 6.07) is -1.78. The molecule has 0 aromatic heterocycles. The predicted molar refractivity (Wildman–Crippen MR) is 87.3 cm³/mol. The molecule has 0 aromatic rings. The first kappa shape index (κ1) is 21.1. The van der Waals surface area contributed by atoms with Gasteiger partial charge in [0.25, 0.3) is 0 Å². The monoisotopic (exact) mass is 363 g/mol. The number of carbonyl (C=O) groups excluding carboxylic acids is 2. The van der Waals surface area contributed by atoms with Crippen LogP contribution >= 0.6 is 0 Å². The van der Waals surface area contributed by atoms with Gasteiger partial charge in [-0.05, 0) is 24.7 Å². The maximum Gasteiger partial charge on any atom is 0.326 e. The Kier molecular flexibility index (Phi) is 8.57. The Labute approximate surface area is 146 Å². The van der Waals surface area contributed by atoms with Crippen molar-refractivity contribution in [2.24, 2.45) is 11.8 Å². The van der Waals surface area contributed by atoms with Crippen LogP contribution in [0.2, 0.25) is 0 Å². The van der Waals surface area contributed by atoms with Crippen LogP contribution in [0.1, 0.15) is 39.5 Å². The van der Waals surface area contributed by atoms with Crippen molar-refractivity contribution in [3.63, 3.8) is 0 Å². The Morgan fingerprint density at radius 1 is 1.28 bits per heavy atom. The van der Waals surface area contributed by atoms with Gasteiger partial charge in [-0.25, -0.2) is 18.4 Å². The lowest BCUT2D eigenvalue weighted by Crippen LogP contribution is -2.48. The quantitative estimate of drug-likeness (QED) is 0.611. The van der Waals surface area contributed by atoms with Gasteiger partial charge in [-0.2, -0.15) is 0 Å². The second-order valence-corrected chi connectivity index (χ2v) is 6.82. The number of piperidine rings is 1. The van der Waals surface area contributed by atoms with Gasteiger partial charge in [0.2, 0.25) is 12.3 Å². The number of carboxylic acid groups (broad SMARTS) is 1. The molecule has 0 radical (unpaired) electrons. The number of rotatable bonds is 8. The summed E-state index contributed by atoms with van der Waals surface area (Å²) in [7, 11) is 0. The minimum absolute atomic E-state index is 0.0149. The van der Waals surface area contributed by atoms with Crippen LogP contribution in [0.5, 0.6) is 0 Å². The number of halogens is 2. The maximum absolute atomic E-state index is 12.4. The lowest BCUT2D eigenvalue weighted by Gasteiger charge is -2.33. The number of carbonyl (C=O) groups is 3. The van der Waals surface area contributed by atoms with Crippen LogP contribution in [0.25, 0.3) is 0 Å². The fraction of sp³-hybridized carbons (Fsp3) is 0.812. The second kappa shape index (κ2) is 10.1. The third-order valence-corrected chi connectivity index (χ3v) is 3.99. The number of aliphatic carboxylic acids is 1. The Hall–Kier alpha value is -1.93. The molecule has 0 bridgehead atoms. The van der Waals surface area contributed by atoms with E-state index in [0.29, 0.717) is 25.6 Å². The Bertz CT molecular complexity index is 474. The van der Waals surface area contributed by atoms with Crippen molar-refractivity contribution in [3.8, 4) is 0 Å². The summed E-state index contributed by atoms with van der Waals surface area (Å²) in [6.45, 7) is 5.54. The third-order valence-electron chi connectivity index (χ3n) is 3.99. The van der Waals surface area contributed by atoms with Gasteiger partial charge >= 0.3 is 12.0 Å². The number of nitrogens with zero attached hydrogens (tertiary/aromatic N) is 1. The molecule has 0 aliphatic carbocycles. The standard InChI is InChI=1S/C16H27F2N3O4/c1-10(2)8-19-16(25)21-5-3-4-11(9-21)6-14(22)20-12(15(23)24)7-13(17)18/h10-13H,3-9H2,1-2H3,(H,19,25)(H,20,22)(H,23,24). The zero-order chi connectivity index (χ0) is 19.0. The molecule has 0 aromatic carbocycles. The third kappa shape index (κ3) is 8.13. The van der Waals surface area contributed by atoms with Crippen LogP contribution in [0.3, 0.4) is 0 Å². The van der Waals surface area contributed by atoms with Gasteiger partial charge in [0.15, 0.2) is 0 Å². The van der Waals surface area contributed by atoms with E-state index in [1.807, 2.05) is 13.8 Å². The van der Waals surface area contributed by atoms with Gasteiger partial charge in [0, 0.05) is 32.5 Å². The number of urea groups is 1. The molecule has 3 amide bonds. The molecule has 1 rings (SSSR count). The van der Waals surface area contributed by atoms with Crippen LogP contribution < -0.4 is 10.6 Å². The van der Waals surface area contributed by atoms with Crippen molar-refractivity contribution in [1.82, 2.24) is 15.5 Å². The highest BCUT2D eigenvalue weighted by atomic mass is 19.3. The molecule has 2 atom stereocenters. The molecule has 1 fully saturated rings. The average molecular weight is 363 g/mol. The van der Waals surface area contributed by atoms with Gasteiger partial charge in [-0.1, -0.05) is 13.8 Å². The summed E-state index contributed by atoms with van der Waals surface area (Å²) < 4.78 is 24.7. The minimum Gasteiger partial charge on any atom is -0.480 e. The Morgan fingerprint density at radius 2 is 1.96 bits per heavy atom. The Morgan fingerprint density at radius 3 is 2.52 bits per heavy atom. The van der Waals surface area contributed by atoms with Crippen molar-refractivity contribution in [3.05, 3.63) is 0 Å². The molecule has 2 unspecified atom stereocenters. The van der Waals surface area contributed by atoms with Crippen LogP contribution in [-0.2, 0) is 9.59 Å². The smallest absolute Gasteiger partial charge is 0.326 e. The summed E-state index contributed by atoms with van der Waals surface area (Å²) in [6.07, 6.45) is -2.24. The van der Waals surface area contributed by atoms with E-state index < -0.39 is 30.8 Å². The molecular weight excluding hydrogens is 336 g/mol.